The molecule has 0 amide bonds. The summed E-state index contributed by atoms with van der Waals surface area (Å²) in [4.78, 5) is 8.88. The van der Waals surface area contributed by atoms with Gasteiger partial charge in [0.05, 0.1) is 6.04 Å². The highest BCUT2D eigenvalue weighted by Gasteiger charge is 2.11. The van der Waals surface area contributed by atoms with E-state index in [4.69, 9.17) is 0 Å². The summed E-state index contributed by atoms with van der Waals surface area (Å²) in [5.74, 6) is 0.822. The average molecular weight is 281 g/mol. The lowest BCUT2D eigenvalue weighted by Gasteiger charge is -2.16. The highest BCUT2D eigenvalue weighted by Crippen LogP contribution is 2.28. The smallest absolute Gasteiger partial charge is 0.153 e. The maximum absolute atomic E-state index is 4.45. The van der Waals surface area contributed by atoms with E-state index in [2.05, 4.69) is 51.2 Å². The van der Waals surface area contributed by atoms with Gasteiger partial charge in [0, 0.05) is 23.3 Å². The van der Waals surface area contributed by atoms with Crippen molar-refractivity contribution in [1.29, 1.82) is 0 Å². The molecule has 0 unspecified atom stereocenters. The summed E-state index contributed by atoms with van der Waals surface area (Å²) in [6.45, 7) is 2.13. The summed E-state index contributed by atoms with van der Waals surface area (Å²) >= 11 is 1.66. The van der Waals surface area contributed by atoms with Gasteiger partial charge in [-0.25, -0.2) is 4.98 Å². The van der Waals surface area contributed by atoms with Crippen LogP contribution in [-0.2, 0) is 0 Å². The molecule has 3 nitrogen and oxygen atoms in total. The van der Waals surface area contributed by atoms with E-state index in [0.717, 1.165) is 17.1 Å². The normalized spacial score (nSPS) is 12.1. The van der Waals surface area contributed by atoms with E-state index in [1.807, 2.05) is 18.2 Å². The summed E-state index contributed by atoms with van der Waals surface area (Å²) in [6.07, 6.45) is 3.45. The highest BCUT2D eigenvalue weighted by molar-refractivity contribution is 7.08. The third-order valence-electron chi connectivity index (χ3n) is 3.15. The molecule has 20 heavy (non-hydrogen) atoms. The number of nitrogens with one attached hydrogen (secondary N) is 1. The molecule has 0 saturated heterocycles. The Morgan fingerprint density at radius 2 is 1.85 bits per heavy atom. The van der Waals surface area contributed by atoms with Crippen LogP contribution in [0.1, 0.15) is 18.5 Å². The SMILES string of the molecule is C[C@@H](Nc1nccnc1-c1ccsc1)c1ccccc1. The van der Waals surface area contributed by atoms with Gasteiger partial charge in [0.1, 0.15) is 5.69 Å². The summed E-state index contributed by atoms with van der Waals surface area (Å²) in [7, 11) is 0. The Balaban J connectivity index is 1.88. The van der Waals surface area contributed by atoms with Crippen LogP contribution >= 0.6 is 11.3 Å². The number of hydrogen-bond donors (Lipinski definition) is 1. The van der Waals surface area contributed by atoms with Gasteiger partial charge in [-0.1, -0.05) is 30.3 Å². The maximum Gasteiger partial charge on any atom is 0.153 e. The minimum Gasteiger partial charge on any atom is -0.362 e. The second kappa shape index (κ2) is 5.84. The molecule has 0 aliphatic heterocycles. The number of hydrogen-bond acceptors (Lipinski definition) is 4. The third-order valence-corrected chi connectivity index (χ3v) is 3.83. The van der Waals surface area contributed by atoms with Crippen molar-refractivity contribution in [3.8, 4) is 11.3 Å². The van der Waals surface area contributed by atoms with Gasteiger partial charge >= 0.3 is 0 Å². The lowest BCUT2D eigenvalue weighted by atomic mass is 10.1. The Labute approximate surface area is 122 Å². The van der Waals surface area contributed by atoms with Crippen molar-refractivity contribution in [3.05, 3.63) is 65.1 Å². The first-order chi connectivity index (χ1) is 9.84. The predicted octanol–water partition coefficient (Wildman–Crippen LogP) is 4.38. The molecular formula is C16H15N3S. The highest BCUT2D eigenvalue weighted by atomic mass is 32.1. The molecule has 4 heteroatoms. The van der Waals surface area contributed by atoms with E-state index in [0.29, 0.717) is 0 Å². The molecule has 1 aromatic carbocycles. The van der Waals surface area contributed by atoms with Crippen LogP contribution in [0.5, 0.6) is 0 Å². The van der Waals surface area contributed by atoms with Crippen LogP contribution in [0.25, 0.3) is 11.3 Å². The van der Waals surface area contributed by atoms with Crippen molar-refractivity contribution >= 4 is 17.2 Å². The molecule has 0 spiro atoms. The van der Waals surface area contributed by atoms with Crippen molar-refractivity contribution in [2.75, 3.05) is 5.32 Å². The van der Waals surface area contributed by atoms with E-state index in [1.165, 1.54) is 5.56 Å². The van der Waals surface area contributed by atoms with E-state index in [1.54, 1.807) is 23.7 Å². The molecule has 1 atom stereocenters. The van der Waals surface area contributed by atoms with Crippen molar-refractivity contribution in [2.45, 2.75) is 13.0 Å². The number of rotatable bonds is 4. The van der Waals surface area contributed by atoms with Gasteiger partial charge in [-0.05, 0) is 23.9 Å². The average Bonchev–Trinajstić information content (AvgIpc) is 3.03. The second-order valence-electron chi connectivity index (χ2n) is 4.54. The zero-order chi connectivity index (χ0) is 13.8. The van der Waals surface area contributed by atoms with E-state index in [9.17, 15) is 0 Å². The first-order valence-electron chi connectivity index (χ1n) is 6.49. The summed E-state index contributed by atoms with van der Waals surface area (Å²) in [6, 6.07) is 12.6. The lowest BCUT2D eigenvalue weighted by molar-refractivity contribution is 0.872. The fourth-order valence-electron chi connectivity index (χ4n) is 2.08. The van der Waals surface area contributed by atoms with Crippen LogP contribution in [0.4, 0.5) is 5.82 Å². The molecular weight excluding hydrogens is 266 g/mol. The number of nitrogens with zero attached hydrogens (tertiary/aromatic N) is 2. The van der Waals surface area contributed by atoms with E-state index < -0.39 is 0 Å². The molecule has 0 aliphatic carbocycles. The zero-order valence-electron chi connectivity index (χ0n) is 11.2. The number of anilines is 1. The van der Waals surface area contributed by atoms with Crippen LogP contribution in [0.15, 0.2) is 59.6 Å². The van der Waals surface area contributed by atoms with E-state index in [-0.39, 0.29) is 6.04 Å². The maximum atomic E-state index is 4.45. The first kappa shape index (κ1) is 12.8. The quantitative estimate of drug-likeness (QED) is 0.771. The second-order valence-corrected chi connectivity index (χ2v) is 5.32. The lowest BCUT2D eigenvalue weighted by Crippen LogP contribution is -2.09. The number of aromatic nitrogens is 2. The third kappa shape index (κ3) is 2.70. The van der Waals surface area contributed by atoms with Crippen molar-refractivity contribution in [2.24, 2.45) is 0 Å². The molecule has 3 rings (SSSR count). The van der Waals surface area contributed by atoms with Gasteiger partial charge < -0.3 is 5.32 Å². The summed E-state index contributed by atoms with van der Waals surface area (Å²) < 4.78 is 0. The molecule has 0 radical (unpaired) electrons. The number of thiophene rings is 1. The minimum absolute atomic E-state index is 0.185. The van der Waals surface area contributed by atoms with Crippen LogP contribution in [0.3, 0.4) is 0 Å². The Hall–Kier alpha value is -2.20. The zero-order valence-corrected chi connectivity index (χ0v) is 12.0. The van der Waals surface area contributed by atoms with E-state index >= 15 is 0 Å². The molecule has 1 N–H and O–H groups in total. The van der Waals surface area contributed by atoms with Crippen molar-refractivity contribution in [3.63, 3.8) is 0 Å². The van der Waals surface area contributed by atoms with Gasteiger partial charge in [-0.3, -0.25) is 4.98 Å². The van der Waals surface area contributed by atoms with Crippen LogP contribution in [0, 0.1) is 0 Å². The molecule has 0 aliphatic rings. The van der Waals surface area contributed by atoms with Gasteiger partial charge in [0.2, 0.25) is 0 Å². The van der Waals surface area contributed by atoms with Gasteiger partial charge in [0.25, 0.3) is 0 Å². The molecule has 2 heterocycles. The molecule has 100 valence electrons. The standard InChI is InChI=1S/C16H15N3S/c1-12(13-5-3-2-4-6-13)19-16-15(17-8-9-18-16)14-7-10-20-11-14/h2-12H,1H3,(H,18,19)/t12-/m1/s1. The Morgan fingerprint density at radius 1 is 1.05 bits per heavy atom. The molecule has 0 bridgehead atoms. The molecule has 0 fully saturated rings. The van der Waals surface area contributed by atoms with Crippen LogP contribution in [-0.4, -0.2) is 9.97 Å². The Bertz CT molecular complexity index is 665. The fraction of sp³-hybridized carbons (Fsp3) is 0.125. The number of benzene rings is 1. The summed E-state index contributed by atoms with van der Waals surface area (Å²) in [5.41, 5.74) is 3.23. The molecule has 0 saturated carbocycles. The summed E-state index contributed by atoms with van der Waals surface area (Å²) in [5, 5.41) is 7.58. The predicted molar refractivity (Wildman–Crippen MR) is 83.8 cm³/mol. The fourth-order valence-corrected chi connectivity index (χ4v) is 2.72. The van der Waals surface area contributed by atoms with Gasteiger partial charge in [-0.15, -0.1) is 0 Å². The van der Waals surface area contributed by atoms with Crippen LogP contribution in [0.2, 0.25) is 0 Å². The van der Waals surface area contributed by atoms with Gasteiger partial charge in [-0.2, -0.15) is 11.3 Å². The topological polar surface area (TPSA) is 37.8 Å². The minimum atomic E-state index is 0.185. The van der Waals surface area contributed by atoms with Crippen molar-refractivity contribution < 1.29 is 0 Å². The van der Waals surface area contributed by atoms with Gasteiger partial charge in [0.15, 0.2) is 5.82 Å². The Morgan fingerprint density at radius 3 is 2.60 bits per heavy atom. The monoisotopic (exact) mass is 281 g/mol. The van der Waals surface area contributed by atoms with Crippen LogP contribution < -0.4 is 5.32 Å². The Kier molecular flexibility index (Phi) is 3.74. The molecule has 3 aromatic rings. The first-order valence-corrected chi connectivity index (χ1v) is 7.44. The largest absolute Gasteiger partial charge is 0.362 e. The molecule has 2 aromatic heterocycles. The van der Waals surface area contributed by atoms with Crippen molar-refractivity contribution in [1.82, 2.24) is 9.97 Å².